The van der Waals surface area contributed by atoms with E-state index in [-0.39, 0.29) is 5.75 Å². The minimum Gasteiger partial charge on any atom is -0.507 e. The van der Waals surface area contributed by atoms with Crippen molar-refractivity contribution >= 4 is 21.9 Å². The Morgan fingerprint density at radius 2 is 1.89 bits per heavy atom. The monoisotopic (exact) mass is 312 g/mol. The summed E-state index contributed by atoms with van der Waals surface area (Å²) in [5.74, 6) is -0.697. The van der Waals surface area contributed by atoms with Gasteiger partial charge in [-0.25, -0.2) is 0 Å². The zero-order chi connectivity index (χ0) is 13.3. The van der Waals surface area contributed by atoms with Gasteiger partial charge in [-0.3, -0.25) is 4.79 Å². The fraction of sp³-hybridized carbons (Fsp3) is 0.500. The molecule has 0 aromatic heterocycles. The van der Waals surface area contributed by atoms with Crippen molar-refractivity contribution in [2.24, 2.45) is 0 Å². The van der Waals surface area contributed by atoms with Crippen LogP contribution in [0.5, 0.6) is 5.75 Å². The lowest BCUT2D eigenvalue weighted by atomic mass is 9.69. The summed E-state index contributed by atoms with van der Waals surface area (Å²) < 4.78 is 0.819. The Morgan fingerprint density at radius 1 is 1.28 bits per heavy atom. The van der Waals surface area contributed by atoms with E-state index in [1.54, 1.807) is 19.1 Å². The van der Waals surface area contributed by atoms with Crippen LogP contribution in [0.1, 0.15) is 43.2 Å². The summed E-state index contributed by atoms with van der Waals surface area (Å²) in [4.78, 5) is 11.7. The molecule has 0 spiro atoms. The lowest BCUT2D eigenvalue weighted by Gasteiger charge is -2.34. The number of hydrogen-bond acceptors (Lipinski definition) is 2. The molecule has 1 fully saturated rings. The zero-order valence-electron chi connectivity index (χ0n) is 10.4. The topological polar surface area (TPSA) is 57.5 Å². The van der Waals surface area contributed by atoms with Crippen LogP contribution < -0.4 is 0 Å². The second-order valence-electron chi connectivity index (χ2n) is 5.07. The van der Waals surface area contributed by atoms with E-state index < -0.39 is 11.4 Å². The Bertz CT molecular complexity index is 476. The standard InChI is InChI=1S/C14H17BrO3/c1-9-7-10(15)8-11(12(9)16)14(13(17)18)5-3-2-4-6-14/h7-8,16H,2-6H2,1H3,(H,17,18). The molecule has 1 aromatic rings. The number of halogens is 1. The van der Waals surface area contributed by atoms with Crippen molar-refractivity contribution in [2.75, 3.05) is 0 Å². The molecule has 0 heterocycles. The fourth-order valence-electron chi connectivity index (χ4n) is 2.85. The smallest absolute Gasteiger partial charge is 0.314 e. The van der Waals surface area contributed by atoms with Crippen LogP contribution in [0.15, 0.2) is 16.6 Å². The van der Waals surface area contributed by atoms with Crippen LogP contribution in [-0.2, 0) is 10.2 Å². The minimum absolute atomic E-state index is 0.127. The first kappa shape index (κ1) is 13.4. The molecule has 1 aliphatic carbocycles. The van der Waals surface area contributed by atoms with Crippen molar-refractivity contribution in [1.29, 1.82) is 0 Å². The Hall–Kier alpha value is -1.03. The van der Waals surface area contributed by atoms with Crippen molar-refractivity contribution < 1.29 is 15.0 Å². The number of aromatic hydroxyl groups is 1. The van der Waals surface area contributed by atoms with Crippen LogP contribution in [0, 0.1) is 6.92 Å². The SMILES string of the molecule is Cc1cc(Br)cc(C2(C(=O)O)CCCCC2)c1O. The lowest BCUT2D eigenvalue weighted by molar-refractivity contribution is -0.145. The van der Waals surface area contributed by atoms with Gasteiger partial charge in [0.05, 0.1) is 5.41 Å². The number of phenols is 1. The van der Waals surface area contributed by atoms with Crippen LogP contribution in [0.3, 0.4) is 0 Å². The third-order valence-corrected chi connectivity index (χ3v) is 4.36. The molecule has 1 aliphatic rings. The van der Waals surface area contributed by atoms with E-state index in [2.05, 4.69) is 15.9 Å². The van der Waals surface area contributed by atoms with Crippen LogP contribution in [-0.4, -0.2) is 16.2 Å². The van der Waals surface area contributed by atoms with Crippen molar-refractivity contribution in [3.05, 3.63) is 27.7 Å². The number of hydrogen-bond donors (Lipinski definition) is 2. The molecule has 3 nitrogen and oxygen atoms in total. The molecule has 1 aromatic carbocycles. The van der Waals surface area contributed by atoms with Crippen LogP contribution in [0.4, 0.5) is 0 Å². The number of phenolic OH excluding ortho intramolecular Hbond substituents is 1. The quantitative estimate of drug-likeness (QED) is 0.874. The zero-order valence-corrected chi connectivity index (χ0v) is 12.0. The third-order valence-electron chi connectivity index (χ3n) is 3.90. The average molecular weight is 313 g/mol. The fourth-order valence-corrected chi connectivity index (χ4v) is 3.43. The van der Waals surface area contributed by atoms with Gasteiger partial charge in [0.1, 0.15) is 5.75 Å². The summed E-state index contributed by atoms with van der Waals surface area (Å²) in [6.45, 7) is 1.79. The highest BCUT2D eigenvalue weighted by atomic mass is 79.9. The van der Waals surface area contributed by atoms with E-state index in [1.807, 2.05) is 0 Å². The summed E-state index contributed by atoms with van der Waals surface area (Å²) >= 11 is 3.38. The molecule has 1 saturated carbocycles. The summed E-state index contributed by atoms with van der Waals surface area (Å²) in [5, 5.41) is 19.8. The Balaban J connectivity index is 2.59. The second-order valence-corrected chi connectivity index (χ2v) is 5.98. The van der Waals surface area contributed by atoms with Gasteiger partial charge in [-0.2, -0.15) is 0 Å². The summed E-state index contributed by atoms with van der Waals surface area (Å²) in [6, 6.07) is 3.55. The number of carboxylic acid groups (broad SMARTS) is 1. The molecule has 0 saturated heterocycles. The minimum atomic E-state index is -0.920. The van der Waals surface area contributed by atoms with E-state index in [1.165, 1.54) is 0 Å². The largest absolute Gasteiger partial charge is 0.507 e. The molecule has 18 heavy (non-hydrogen) atoms. The number of benzene rings is 1. The molecule has 2 N–H and O–H groups in total. The molecule has 4 heteroatoms. The number of carboxylic acids is 1. The molecule has 0 radical (unpaired) electrons. The maximum absolute atomic E-state index is 11.7. The van der Waals surface area contributed by atoms with Gasteiger partial charge in [0.25, 0.3) is 0 Å². The van der Waals surface area contributed by atoms with Gasteiger partial charge < -0.3 is 10.2 Å². The van der Waals surface area contributed by atoms with Gasteiger partial charge in [-0.05, 0) is 37.5 Å². The van der Waals surface area contributed by atoms with Crippen molar-refractivity contribution in [1.82, 2.24) is 0 Å². The number of rotatable bonds is 2. The van der Waals surface area contributed by atoms with Gasteiger partial charge >= 0.3 is 5.97 Å². The van der Waals surface area contributed by atoms with E-state index in [0.29, 0.717) is 24.0 Å². The molecule has 0 unspecified atom stereocenters. The molecular formula is C14H17BrO3. The number of aliphatic carboxylic acids is 1. The summed E-state index contributed by atoms with van der Waals surface area (Å²) in [6.07, 6.45) is 4.08. The lowest BCUT2D eigenvalue weighted by Crippen LogP contribution is -2.38. The second kappa shape index (κ2) is 4.92. The van der Waals surface area contributed by atoms with Gasteiger partial charge in [0.15, 0.2) is 0 Å². The average Bonchev–Trinajstić information content (AvgIpc) is 2.34. The molecular weight excluding hydrogens is 296 g/mol. The highest BCUT2D eigenvalue weighted by molar-refractivity contribution is 9.10. The van der Waals surface area contributed by atoms with Crippen molar-refractivity contribution in [3.63, 3.8) is 0 Å². The maximum Gasteiger partial charge on any atom is 0.314 e. The predicted molar refractivity (Wildman–Crippen MR) is 72.9 cm³/mol. The highest BCUT2D eigenvalue weighted by Crippen LogP contribution is 2.45. The van der Waals surface area contributed by atoms with Crippen molar-refractivity contribution in [3.8, 4) is 5.75 Å². The van der Waals surface area contributed by atoms with Gasteiger partial charge in [-0.15, -0.1) is 0 Å². The Morgan fingerprint density at radius 3 is 2.44 bits per heavy atom. The molecule has 98 valence electrons. The van der Waals surface area contributed by atoms with Gasteiger partial charge in [0, 0.05) is 10.0 Å². The summed E-state index contributed by atoms with van der Waals surface area (Å²) in [5.41, 5.74) is 0.351. The number of aryl methyl sites for hydroxylation is 1. The first-order valence-corrected chi connectivity index (χ1v) is 7.00. The van der Waals surface area contributed by atoms with Crippen LogP contribution in [0.25, 0.3) is 0 Å². The predicted octanol–water partition coefficient (Wildman–Crippen LogP) is 3.75. The Kier molecular flexibility index (Phi) is 3.66. The first-order chi connectivity index (χ1) is 8.47. The van der Waals surface area contributed by atoms with E-state index in [0.717, 1.165) is 23.7 Å². The first-order valence-electron chi connectivity index (χ1n) is 6.20. The Labute approximate surface area is 115 Å². The molecule has 0 bridgehead atoms. The van der Waals surface area contributed by atoms with Gasteiger partial charge in [0.2, 0.25) is 0 Å². The van der Waals surface area contributed by atoms with Gasteiger partial charge in [-0.1, -0.05) is 35.2 Å². The van der Waals surface area contributed by atoms with Crippen molar-refractivity contribution in [2.45, 2.75) is 44.4 Å². The molecule has 0 atom stereocenters. The van der Waals surface area contributed by atoms with E-state index >= 15 is 0 Å². The van der Waals surface area contributed by atoms with Crippen LogP contribution in [0.2, 0.25) is 0 Å². The van der Waals surface area contributed by atoms with Crippen LogP contribution >= 0.6 is 15.9 Å². The maximum atomic E-state index is 11.7. The number of carbonyl (C=O) groups is 1. The molecule has 2 rings (SSSR count). The normalized spacial score (nSPS) is 18.6. The molecule has 0 aliphatic heterocycles. The summed E-state index contributed by atoms with van der Waals surface area (Å²) in [7, 11) is 0. The third kappa shape index (κ3) is 2.14. The van der Waals surface area contributed by atoms with E-state index in [9.17, 15) is 15.0 Å². The molecule has 0 amide bonds. The van der Waals surface area contributed by atoms with E-state index in [4.69, 9.17) is 0 Å². The highest BCUT2D eigenvalue weighted by Gasteiger charge is 2.43.